The lowest BCUT2D eigenvalue weighted by atomic mass is 9.81. The van der Waals surface area contributed by atoms with Crippen LogP contribution in [0.2, 0.25) is 0 Å². The van der Waals surface area contributed by atoms with Crippen molar-refractivity contribution in [3.05, 3.63) is 29.8 Å². The Hall–Kier alpha value is -2.17. The Morgan fingerprint density at radius 3 is 2.23 bits per heavy atom. The lowest BCUT2D eigenvalue weighted by molar-refractivity contribution is -0.123. The van der Waals surface area contributed by atoms with E-state index in [0.717, 1.165) is 38.5 Å². The Morgan fingerprint density at radius 2 is 1.65 bits per heavy atom. The van der Waals surface area contributed by atoms with Crippen LogP contribution in [-0.4, -0.2) is 24.4 Å². The maximum atomic E-state index is 12.8. The predicted molar refractivity (Wildman–Crippen MR) is 96.6 cm³/mol. The summed E-state index contributed by atoms with van der Waals surface area (Å²) in [5.74, 6) is 0.0485. The van der Waals surface area contributed by atoms with Crippen molar-refractivity contribution < 1.29 is 19.1 Å². The fourth-order valence-corrected chi connectivity index (χ4v) is 5.01. The van der Waals surface area contributed by atoms with E-state index >= 15 is 0 Å². The van der Waals surface area contributed by atoms with Crippen LogP contribution in [0.5, 0.6) is 0 Å². The van der Waals surface area contributed by atoms with E-state index in [0.29, 0.717) is 29.7 Å². The van der Waals surface area contributed by atoms with Crippen molar-refractivity contribution in [3.63, 3.8) is 0 Å². The Kier molecular flexibility index (Phi) is 4.55. The number of imide groups is 1. The summed E-state index contributed by atoms with van der Waals surface area (Å²) in [5.41, 5.74) is 1.01. The minimum atomic E-state index is -0.360. The highest BCUT2D eigenvalue weighted by molar-refractivity contribution is 6.22. The number of carbonyl (C=O) groups excluding carboxylic acids is 3. The SMILES string of the molecule is CCCCCOC(=O)c1ccc(N2C(=O)C3C4CCC(C4)C3C2=O)cc1. The number of esters is 1. The second-order valence-electron chi connectivity index (χ2n) is 7.79. The molecule has 1 aromatic carbocycles. The van der Waals surface area contributed by atoms with Gasteiger partial charge in [-0.25, -0.2) is 4.79 Å². The second kappa shape index (κ2) is 6.86. The van der Waals surface area contributed by atoms with Crippen LogP contribution in [0.1, 0.15) is 55.8 Å². The third kappa shape index (κ3) is 2.74. The molecule has 1 aromatic rings. The van der Waals surface area contributed by atoms with E-state index < -0.39 is 0 Å². The Morgan fingerprint density at radius 1 is 1.04 bits per heavy atom. The first-order valence-electron chi connectivity index (χ1n) is 9.76. The summed E-state index contributed by atoms with van der Waals surface area (Å²) >= 11 is 0. The molecule has 4 rings (SSSR count). The van der Waals surface area contributed by atoms with Crippen LogP contribution in [-0.2, 0) is 14.3 Å². The molecule has 26 heavy (non-hydrogen) atoms. The normalized spacial score (nSPS) is 29.3. The summed E-state index contributed by atoms with van der Waals surface area (Å²) in [6, 6.07) is 6.64. The van der Waals surface area contributed by atoms with Crippen molar-refractivity contribution in [1.29, 1.82) is 0 Å². The first kappa shape index (κ1) is 17.3. The zero-order chi connectivity index (χ0) is 18.3. The summed E-state index contributed by atoms with van der Waals surface area (Å²) in [6.07, 6.45) is 6.15. The molecule has 5 heteroatoms. The van der Waals surface area contributed by atoms with E-state index in [1.807, 2.05) is 0 Å². The van der Waals surface area contributed by atoms with Gasteiger partial charge in [0.25, 0.3) is 0 Å². The Labute approximate surface area is 153 Å². The molecule has 1 heterocycles. The van der Waals surface area contributed by atoms with E-state index in [1.54, 1.807) is 24.3 Å². The van der Waals surface area contributed by atoms with Crippen LogP contribution in [0.4, 0.5) is 5.69 Å². The standard InChI is InChI=1S/C21H25NO4/c1-2-3-4-11-26-21(25)13-7-9-16(10-8-13)22-19(23)17-14-5-6-15(12-14)18(17)20(22)24/h7-10,14-15,17-18H,2-6,11-12H2,1H3. The number of rotatable bonds is 6. The van der Waals surface area contributed by atoms with Gasteiger partial charge in [-0.15, -0.1) is 0 Å². The monoisotopic (exact) mass is 355 g/mol. The molecule has 4 atom stereocenters. The molecule has 2 amide bonds. The number of nitrogens with zero attached hydrogens (tertiary/aromatic N) is 1. The van der Waals surface area contributed by atoms with E-state index in [1.165, 1.54) is 4.90 Å². The largest absolute Gasteiger partial charge is 0.462 e. The van der Waals surface area contributed by atoms with E-state index in [4.69, 9.17) is 4.74 Å². The van der Waals surface area contributed by atoms with Gasteiger partial charge in [0.1, 0.15) is 0 Å². The number of carbonyl (C=O) groups is 3. The molecule has 0 spiro atoms. The summed E-state index contributed by atoms with van der Waals surface area (Å²) in [7, 11) is 0. The number of unbranched alkanes of at least 4 members (excludes halogenated alkanes) is 2. The third-order valence-corrected chi connectivity index (χ3v) is 6.27. The molecular weight excluding hydrogens is 330 g/mol. The molecule has 0 N–H and O–H groups in total. The van der Waals surface area contributed by atoms with Crippen LogP contribution in [0.25, 0.3) is 0 Å². The Balaban J connectivity index is 1.45. The number of hydrogen-bond donors (Lipinski definition) is 0. The number of ether oxygens (including phenoxy) is 1. The number of amides is 2. The summed E-state index contributed by atoms with van der Waals surface area (Å²) < 4.78 is 5.25. The van der Waals surface area contributed by atoms with Gasteiger partial charge in [-0.05, 0) is 61.8 Å². The molecule has 138 valence electrons. The smallest absolute Gasteiger partial charge is 0.338 e. The van der Waals surface area contributed by atoms with Crippen LogP contribution < -0.4 is 4.90 Å². The van der Waals surface area contributed by atoms with Crippen LogP contribution >= 0.6 is 0 Å². The summed E-state index contributed by atoms with van der Waals surface area (Å²) in [6.45, 7) is 2.52. The van der Waals surface area contributed by atoms with Crippen molar-refractivity contribution in [3.8, 4) is 0 Å². The lowest BCUT2D eigenvalue weighted by Gasteiger charge is -2.19. The van der Waals surface area contributed by atoms with Gasteiger partial charge in [-0.3, -0.25) is 14.5 Å². The number of fused-ring (bicyclic) bond motifs is 5. The van der Waals surface area contributed by atoms with Crippen molar-refractivity contribution in [2.24, 2.45) is 23.7 Å². The topological polar surface area (TPSA) is 63.7 Å². The van der Waals surface area contributed by atoms with Gasteiger partial charge in [0.15, 0.2) is 0 Å². The molecule has 5 nitrogen and oxygen atoms in total. The van der Waals surface area contributed by atoms with Crippen LogP contribution in [0, 0.1) is 23.7 Å². The van der Waals surface area contributed by atoms with Crippen molar-refractivity contribution in [1.82, 2.24) is 0 Å². The van der Waals surface area contributed by atoms with E-state index in [-0.39, 0.29) is 29.6 Å². The van der Waals surface area contributed by atoms with Gasteiger partial charge in [0, 0.05) is 0 Å². The van der Waals surface area contributed by atoms with Crippen molar-refractivity contribution in [2.75, 3.05) is 11.5 Å². The average Bonchev–Trinajstić information content (AvgIpc) is 3.33. The molecule has 0 radical (unpaired) electrons. The maximum absolute atomic E-state index is 12.8. The number of anilines is 1. The summed E-state index contributed by atoms with van der Waals surface area (Å²) in [4.78, 5) is 39.0. The molecule has 3 fully saturated rings. The molecule has 3 aliphatic rings. The summed E-state index contributed by atoms with van der Waals surface area (Å²) in [5, 5.41) is 0. The van der Waals surface area contributed by atoms with Gasteiger partial charge in [-0.1, -0.05) is 19.8 Å². The second-order valence-corrected chi connectivity index (χ2v) is 7.79. The minimum absolute atomic E-state index is 0.0536. The van der Waals surface area contributed by atoms with Gasteiger partial charge in [0.2, 0.25) is 11.8 Å². The molecular formula is C21H25NO4. The zero-order valence-electron chi connectivity index (χ0n) is 15.1. The van der Waals surface area contributed by atoms with Crippen LogP contribution in [0.3, 0.4) is 0 Å². The highest BCUT2D eigenvalue weighted by atomic mass is 16.5. The predicted octanol–water partition coefficient (Wildman–Crippen LogP) is 3.57. The third-order valence-electron chi connectivity index (χ3n) is 6.27. The Bertz CT molecular complexity index is 698. The quantitative estimate of drug-likeness (QED) is 0.445. The minimum Gasteiger partial charge on any atom is -0.462 e. The van der Waals surface area contributed by atoms with Crippen molar-refractivity contribution in [2.45, 2.75) is 45.4 Å². The van der Waals surface area contributed by atoms with Crippen molar-refractivity contribution >= 4 is 23.5 Å². The molecule has 2 saturated carbocycles. The fraction of sp³-hybridized carbons (Fsp3) is 0.571. The first-order chi connectivity index (χ1) is 12.6. The lowest BCUT2D eigenvalue weighted by Crippen LogP contribution is -2.32. The number of hydrogen-bond acceptors (Lipinski definition) is 4. The van der Waals surface area contributed by atoms with Gasteiger partial charge in [-0.2, -0.15) is 0 Å². The van der Waals surface area contributed by atoms with Crippen LogP contribution in [0.15, 0.2) is 24.3 Å². The van der Waals surface area contributed by atoms with Gasteiger partial charge < -0.3 is 4.74 Å². The van der Waals surface area contributed by atoms with Gasteiger partial charge >= 0.3 is 5.97 Å². The molecule has 0 aromatic heterocycles. The van der Waals surface area contributed by atoms with E-state index in [2.05, 4.69) is 6.92 Å². The average molecular weight is 355 g/mol. The molecule has 1 saturated heterocycles. The molecule has 2 aliphatic carbocycles. The highest BCUT2D eigenvalue weighted by Gasteiger charge is 2.61. The molecule has 2 bridgehead atoms. The van der Waals surface area contributed by atoms with Gasteiger partial charge in [0.05, 0.1) is 29.7 Å². The highest BCUT2D eigenvalue weighted by Crippen LogP contribution is 2.56. The molecule has 4 unspecified atom stereocenters. The zero-order valence-corrected chi connectivity index (χ0v) is 15.1. The maximum Gasteiger partial charge on any atom is 0.338 e. The fourth-order valence-electron chi connectivity index (χ4n) is 5.01. The first-order valence-corrected chi connectivity index (χ1v) is 9.76. The number of benzene rings is 1. The molecule has 1 aliphatic heterocycles. The van der Waals surface area contributed by atoms with E-state index in [9.17, 15) is 14.4 Å².